The van der Waals surface area contributed by atoms with Crippen molar-refractivity contribution in [2.45, 2.75) is 65.3 Å². The van der Waals surface area contributed by atoms with Gasteiger partial charge in [0.15, 0.2) is 0 Å². The van der Waals surface area contributed by atoms with E-state index in [-0.39, 0.29) is 23.7 Å². The largest absolute Gasteiger partial charge is 0.314 e. The molecule has 1 saturated heterocycles. The molecule has 21 heavy (non-hydrogen) atoms. The summed E-state index contributed by atoms with van der Waals surface area (Å²) in [7, 11) is 0. The van der Waals surface area contributed by atoms with Crippen LogP contribution in [0.25, 0.3) is 0 Å². The Bertz CT molecular complexity index is 359. The minimum Gasteiger partial charge on any atom is -0.314 e. The molecule has 0 radical (unpaired) electrons. The number of nitrogens with zero attached hydrogens (tertiary/aromatic N) is 1. The van der Waals surface area contributed by atoms with E-state index < -0.39 is 0 Å². The molecule has 120 valence electrons. The maximum absolute atomic E-state index is 12.4. The monoisotopic (exact) mass is 294 g/mol. The highest BCUT2D eigenvalue weighted by Gasteiger charge is 2.51. The van der Waals surface area contributed by atoms with E-state index in [0.717, 1.165) is 45.1 Å². The molecule has 1 aliphatic heterocycles. The van der Waals surface area contributed by atoms with E-state index in [1.807, 2.05) is 0 Å². The van der Waals surface area contributed by atoms with Gasteiger partial charge in [0.25, 0.3) is 0 Å². The van der Waals surface area contributed by atoms with Crippen LogP contribution in [0, 0.1) is 17.8 Å². The highest BCUT2D eigenvalue weighted by atomic mass is 16.2. The number of fused-ring (bicyclic) bond motifs is 1. The Morgan fingerprint density at radius 3 is 2.24 bits per heavy atom. The van der Waals surface area contributed by atoms with E-state index in [1.165, 1.54) is 0 Å². The fourth-order valence-corrected chi connectivity index (χ4v) is 3.99. The third-order valence-corrected chi connectivity index (χ3v) is 5.32. The maximum atomic E-state index is 12.4. The van der Waals surface area contributed by atoms with Gasteiger partial charge < -0.3 is 5.32 Å². The number of rotatable bonds is 8. The molecule has 2 aliphatic rings. The number of amides is 2. The molecule has 0 aromatic carbocycles. The summed E-state index contributed by atoms with van der Waals surface area (Å²) in [5.74, 6) is 0.791. The van der Waals surface area contributed by atoms with Gasteiger partial charge >= 0.3 is 0 Å². The first-order valence-corrected chi connectivity index (χ1v) is 8.70. The Kier molecular flexibility index (Phi) is 5.80. The summed E-state index contributed by atoms with van der Waals surface area (Å²) in [5, 5.41) is 3.45. The van der Waals surface area contributed by atoms with Gasteiger partial charge in [0.1, 0.15) is 0 Å². The summed E-state index contributed by atoms with van der Waals surface area (Å²) >= 11 is 0. The van der Waals surface area contributed by atoms with Crippen molar-refractivity contribution in [2.75, 3.05) is 13.1 Å². The summed E-state index contributed by atoms with van der Waals surface area (Å²) in [6.45, 7) is 8.03. The van der Waals surface area contributed by atoms with Crippen LogP contribution in [0.1, 0.15) is 59.3 Å². The van der Waals surface area contributed by atoms with E-state index in [9.17, 15) is 9.59 Å². The van der Waals surface area contributed by atoms with Gasteiger partial charge in [-0.25, -0.2) is 0 Å². The zero-order valence-electron chi connectivity index (χ0n) is 13.7. The Morgan fingerprint density at radius 1 is 1.14 bits per heavy atom. The molecule has 1 aliphatic carbocycles. The molecular formula is C17H30N2O2. The molecule has 0 aromatic heterocycles. The molecule has 1 heterocycles. The van der Waals surface area contributed by atoms with Crippen LogP contribution >= 0.6 is 0 Å². The maximum Gasteiger partial charge on any atom is 0.233 e. The fourth-order valence-electron chi connectivity index (χ4n) is 3.99. The average Bonchev–Trinajstić information content (AvgIpc) is 3.01. The third kappa shape index (κ3) is 3.47. The van der Waals surface area contributed by atoms with Crippen molar-refractivity contribution < 1.29 is 9.59 Å². The Hall–Kier alpha value is -0.900. The smallest absolute Gasteiger partial charge is 0.233 e. The van der Waals surface area contributed by atoms with E-state index in [4.69, 9.17) is 0 Å². The second kappa shape index (κ2) is 7.39. The van der Waals surface area contributed by atoms with E-state index in [0.29, 0.717) is 18.5 Å². The van der Waals surface area contributed by atoms with Crippen molar-refractivity contribution in [2.24, 2.45) is 17.8 Å². The number of nitrogens with one attached hydrogen (secondary N) is 1. The summed E-state index contributed by atoms with van der Waals surface area (Å²) < 4.78 is 0. The molecule has 4 heteroatoms. The highest BCUT2D eigenvalue weighted by Crippen LogP contribution is 2.44. The Morgan fingerprint density at radius 2 is 1.76 bits per heavy atom. The van der Waals surface area contributed by atoms with Gasteiger partial charge in [0, 0.05) is 12.6 Å². The summed E-state index contributed by atoms with van der Waals surface area (Å²) in [6, 6.07) is 0.506. The van der Waals surface area contributed by atoms with Gasteiger partial charge in [-0.1, -0.05) is 27.2 Å². The standard InChI is InChI=1S/C17H30N2O2/c1-4-12-10-14-15(11-12)17(21)19(16(14)20)9-7-8-13(5-2)18-6-3/h12-15,18H,4-11H2,1-3H3. The molecule has 0 spiro atoms. The average molecular weight is 294 g/mol. The van der Waals surface area contributed by atoms with Crippen LogP contribution in [0.5, 0.6) is 0 Å². The predicted molar refractivity (Wildman–Crippen MR) is 83.7 cm³/mol. The molecule has 0 bridgehead atoms. The molecule has 1 saturated carbocycles. The van der Waals surface area contributed by atoms with E-state index >= 15 is 0 Å². The van der Waals surface area contributed by atoms with Crippen molar-refractivity contribution in [1.29, 1.82) is 0 Å². The number of carbonyl (C=O) groups is 2. The second-order valence-corrected chi connectivity index (χ2v) is 6.59. The Labute approximate surface area is 128 Å². The van der Waals surface area contributed by atoms with Crippen LogP contribution in [0.15, 0.2) is 0 Å². The highest BCUT2D eigenvalue weighted by molar-refractivity contribution is 6.05. The normalized spacial score (nSPS) is 30.0. The lowest BCUT2D eigenvalue weighted by Gasteiger charge is -2.20. The summed E-state index contributed by atoms with van der Waals surface area (Å²) in [6.07, 6.45) is 6.00. The minimum atomic E-state index is -0.00168. The number of carbonyl (C=O) groups excluding carboxylic acids is 2. The molecule has 1 N–H and O–H groups in total. The quantitative estimate of drug-likeness (QED) is 0.700. The Balaban J connectivity index is 1.83. The van der Waals surface area contributed by atoms with Crippen LogP contribution in [-0.4, -0.2) is 35.8 Å². The summed E-state index contributed by atoms with van der Waals surface area (Å²) in [4.78, 5) is 26.4. The topological polar surface area (TPSA) is 49.4 Å². The van der Waals surface area contributed by atoms with Crippen LogP contribution in [0.3, 0.4) is 0 Å². The third-order valence-electron chi connectivity index (χ3n) is 5.32. The van der Waals surface area contributed by atoms with Gasteiger partial charge in [-0.2, -0.15) is 0 Å². The second-order valence-electron chi connectivity index (χ2n) is 6.59. The van der Waals surface area contributed by atoms with E-state index in [1.54, 1.807) is 4.90 Å². The van der Waals surface area contributed by atoms with Crippen LogP contribution in [0.4, 0.5) is 0 Å². The number of imide groups is 1. The van der Waals surface area contributed by atoms with Crippen LogP contribution in [0.2, 0.25) is 0 Å². The van der Waals surface area contributed by atoms with Crippen molar-refractivity contribution in [3.63, 3.8) is 0 Å². The molecule has 2 amide bonds. The van der Waals surface area contributed by atoms with Gasteiger partial charge in [-0.15, -0.1) is 0 Å². The first kappa shape index (κ1) is 16.5. The first-order chi connectivity index (χ1) is 10.1. The van der Waals surface area contributed by atoms with Gasteiger partial charge in [0.05, 0.1) is 11.8 Å². The molecule has 2 fully saturated rings. The number of likely N-dealkylation sites (tertiary alicyclic amines) is 1. The van der Waals surface area contributed by atoms with Crippen molar-refractivity contribution in [3.05, 3.63) is 0 Å². The number of hydrogen-bond acceptors (Lipinski definition) is 3. The lowest BCUT2D eigenvalue weighted by Crippen LogP contribution is -2.35. The lowest BCUT2D eigenvalue weighted by molar-refractivity contribution is -0.140. The fraction of sp³-hybridized carbons (Fsp3) is 0.882. The molecule has 3 atom stereocenters. The van der Waals surface area contributed by atoms with Gasteiger partial charge in [0.2, 0.25) is 11.8 Å². The molecule has 4 nitrogen and oxygen atoms in total. The van der Waals surface area contributed by atoms with Crippen LogP contribution in [-0.2, 0) is 9.59 Å². The zero-order chi connectivity index (χ0) is 15.4. The first-order valence-electron chi connectivity index (χ1n) is 8.70. The molecule has 3 unspecified atom stereocenters. The summed E-state index contributed by atoms with van der Waals surface area (Å²) in [5.41, 5.74) is 0. The number of hydrogen-bond donors (Lipinski definition) is 1. The minimum absolute atomic E-state index is 0.00168. The molecule has 2 rings (SSSR count). The predicted octanol–water partition coefficient (Wildman–Crippen LogP) is 2.58. The van der Waals surface area contributed by atoms with Crippen molar-refractivity contribution >= 4 is 11.8 Å². The molecular weight excluding hydrogens is 264 g/mol. The van der Waals surface area contributed by atoms with Crippen molar-refractivity contribution in [3.8, 4) is 0 Å². The van der Waals surface area contributed by atoms with Crippen LogP contribution < -0.4 is 5.32 Å². The van der Waals surface area contributed by atoms with Gasteiger partial charge in [-0.3, -0.25) is 14.5 Å². The van der Waals surface area contributed by atoms with E-state index in [2.05, 4.69) is 26.1 Å². The lowest BCUT2D eigenvalue weighted by atomic mass is 10.00. The SMILES string of the molecule is CCNC(CC)CCCN1C(=O)C2CC(CC)CC2C1=O. The van der Waals surface area contributed by atoms with Gasteiger partial charge in [-0.05, 0) is 44.6 Å². The molecule has 0 aromatic rings. The zero-order valence-corrected chi connectivity index (χ0v) is 13.7. The van der Waals surface area contributed by atoms with Crippen molar-refractivity contribution in [1.82, 2.24) is 10.2 Å².